The maximum absolute atomic E-state index is 5.20. The molecule has 0 aliphatic heterocycles. The SMILES string of the molecule is CC1=CC=C(N=C(c2ccccc2)c2cccc(C(=Nc3ccc(C)cc3C)c3ccccc3)n2)C(C)C1. The number of pyridine rings is 1. The first-order chi connectivity index (χ1) is 18.5. The molecular weight excluding hydrogens is 462 g/mol. The Morgan fingerprint density at radius 2 is 1.29 bits per heavy atom. The zero-order chi connectivity index (χ0) is 26.5. The van der Waals surface area contributed by atoms with E-state index in [1.165, 1.54) is 11.1 Å². The summed E-state index contributed by atoms with van der Waals surface area (Å²) in [6.07, 6.45) is 5.34. The second-order valence-corrected chi connectivity index (χ2v) is 10.1. The summed E-state index contributed by atoms with van der Waals surface area (Å²) in [7, 11) is 0. The number of aryl methyl sites for hydroxylation is 2. The van der Waals surface area contributed by atoms with Gasteiger partial charge < -0.3 is 0 Å². The van der Waals surface area contributed by atoms with Crippen LogP contribution in [-0.2, 0) is 0 Å². The Labute approximate surface area is 226 Å². The van der Waals surface area contributed by atoms with E-state index in [9.17, 15) is 0 Å². The molecule has 3 aromatic carbocycles. The molecule has 3 nitrogen and oxygen atoms in total. The van der Waals surface area contributed by atoms with Gasteiger partial charge in [0.05, 0.1) is 28.5 Å². The molecule has 1 heterocycles. The fourth-order valence-corrected chi connectivity index (χ4v) is 4.81. The van der Waals surface area contributed by atoms with Crippen LogP contribution < -0.4 is 0 Å². The molecule has 0 saturated carbocycles. The predicted molar refractivity (Wildman–Crippen MR) is 160 cm³/mol. The van der Waals surface area contributed by atoms with Gasteiger partial charge in [-0.25, -0.2) is 9.98 Å². The van der Waals surface area contributed by atoms with Gasteiger partial charge in [0.1, 0.15) is 0 Å². The van der Waals surface area contributed by atoms with Crippen molar-refractivity contribution in [2.75, 3.05) is 0 Å². The van der Waals surface area contributed by atoms with E-state index in [1.54, 1.807) is 0 Å². The summed E-state index contributed by atoms with van der Waals surface area (Å²) in [5.74, 6) is 0.354. The second-order valence-electron chi connectivity index (χ2n) is 10.1. The van der Waals surface area contributed by atoms with Crippen molar-refractivity contribution in [3.63, 3.8) is 0 Å². The molecule has 0 fully saturated rings. The van der Waals surface area contributed by atoms with Crippen LogP contribution in [0.3, 0.4) is 0 Å². The lowest BCUT2D eigenvalue weighted by atomic mass is 9.93. The molecule has 1 atom stereocenters. The van der Waals surface area contributed by atoms with E-state index in [4.69, 9.17) is 15.0 Å². The minimum absolute atomic E-state index is 0.354. The van der Waals surface area contributed by atoms with E-state index in [1.807, 2.05) is 36.4 Å². The summed E-state index contributed by atoms with van der Waals surface area (Å²) in [6.45, 7) is 8.63. The highest BCUT2D eigenvalue weighted by molar-refractivity contribution is 6.15. The van der Waals surface area contributed by atoms with Crippen molar-refractivity contribution in [3.05, 3.63) is 154 Å². The zero-order valence-electron chi connectivity index (χ0n) is 22.5. The van der Waals surface area contributed by atoms with Crippen LogP contribution in [0.15, 0.2) is 130 Å². The molecule has 5 rings (SSSR count). The third-order valence-electron chi connectivity index (χ3n) is 6.83. The Kier molecular flexibility index (Phi) is 7.55. The topological polar surface area (TPSA) is 37.6 Å². The van der Waals surface area contributed by atoms with Crippen LogP contribution in [0.5, 0.6) is 0 Å². The van der Waals surface area contributed by atoms with Crippen LogP contribution in [0.1, 0.15) is 53.9 Å². The molecule has 1 aliphatic rings. The summed E-state index contributed by atoms with van der Waals surface area (Å²) in [5.41, 5.74) is 11.2. The number of allylic oxidation sites excluding steroid dienone is 4. The standard InChI is InChI=1S/C35H33N3/c1-24-18-20-30(26(3)22-24)37-34(28-12-7-5-8-13-28)32-16-11-17-33(36-32)35(29-14-9-6-10-15-29)38-31-21-19-25(2)23-27(31)4/h5-22,27H,23H2,1-4H3. The van der Waals surface area contributed by atoms with Crippen molar-refractivity contribution in [3.8, 4) is 0 Å². The van der Waals surface area contributed by atoms with Crippen LogP contribution >= 0.6 is 0 Å². The first-order valence-electron chi connectivity index (χ1n) is 13.2. The fraction of sp³-hybridized carbons (Fsp3) is 0.171. The van der Waals surface area contributed by atoms with E-state index in [0.29, 0.717) is 5.92 Å². The Balaban J connectivity index is 1.66. The van der Waals surface area contributed by atoms with E-state index in [-0.39, 0.29) is 0 Å². The highest BCUT2D eigenvalue weighted by Crippen LogP contribution is 2.27. The Morgan fingerprint density at radius 3 is 1.87 bits per heavy atom. The van der Waals surface area contributed by atoms with Crippen molar-refractivity contribution < 1.29 is 0 Å². The monoisotopic (exact) mass is 495 g/mol. The average molecular weight is 496 g/mol. The quantitative estimate of drug-likeness (QED) is 0.247. The molecule has 0 amide bonds. The number of rotatable bonds is 6. The molecule has 1 aromatic heterocycles. The third-order valence-corrected chi connectivity index (χ3v) is 6.83. The van der Waals surface area contributed by atoms with E-state index in [0.717, 1.165) is 57.3 Å². The van der Waals surface area contributed by atoms with Crippen LogP contribution in [0.2, 0.25) is 0 Å². The van der Waals surface area contributed by atoms with Crippen LogP contribution in [0.4, 0.5) is 5.69 Å². The minimum atomic E-state index is 0.354. The van der Waals surface area contributed by atoms with E-state index >= 15 is 0 Å². The maximum atomic E-state index is 5.20. The van der Waals surface area contributed by atoms with Gasteiger partial charge in [-0.15, -0.1) is 0 Å². The summed E-state index contributed by atoms with van der Waals surface area (Å²) < 4.78 is 0. The molecule has 0 N–H and O–H groups in total. The summed E-state index contributed by atoms with van der Waals surface area (Å²) in [5, 5.41) is 0. The molecule has 1 aliphatic carbocycles. The van der Waals surface area contributed by atoms with Gasteiger partial charge in [-0.1, -0.05) is 103 Å². The highest BCUT2D eigenvalue weighted by Gasteiger charge is 2.18. The van der Waals surface area contributed by atoms with E-state index < -0.39 is 0 Å². The lowest BCUT2D eigenvalue weighted by Gasteiger charge is -2.18. The average Bonchev–Trinajstić information content (AvgIpc) is 2.93. The van der Waals surface area contributed by atoms with Crippen LogP contribution in [0.25, 0.3) is 0 Å². The van der Waals surface area contributed by atoms with Crippen molar-refractivity contribution in [1.82, 2.24) is 4.98 Å². The lowest BCUT2D eigenvalue weighted by molar-refractivity contribution is 0.655. The fourth-order valence-electron chi connectivity index (χ4n) is 4.81. The molecule has 188 valence electrons. The smallest absolute Gasteiger partial charge is 0.0966 e. The first kappa shape index (κ1) is 25.3. The van der Waals surface area contributed by atoms with Crippen molar-refractivity contribution in [2.24, 2.45) is 15.9 Å². The molecular formula is C35H33N3. The van der Waals surface area contributed by atoms with Gasteiger partial charge in [0.15, 0.2) is 0 Å². The predicted octanol–water partition coefficient (Wildman–Crippen LogP) is 8.57. The summed E-state index contributed by atoms with van der Waals surface area (Å²) in [6, 6.07) is 33.1. The molecule has 3 heteroatoms. The van der Waals surface area contributed by atoms with Crippen molar-refractivity contribution in [2.45, 2.75) is 34.1 Å². The van der Waals surface area contributed by atoms with Crippen LogP contribution in [0, 0.1) is 19.8 Å². The lowest BCUT2D eigenvalue weighted by Crippen LogP contribution is -2.13. The molecule has 1 unspecified atom stereocenters. The molecule has 4 aromatic rings. The van der Waals surface area contributed by atoms with Gasteiger partial charge >= 0.3 is 0 Å². The molecule has 0 radical (unpaired) electrons. The van der Waals surface area contributed by atoms with Crippen LogP contribution in [-0.4, -0.2) is 16.4 Å². The zero-order valence-corrected chi connectivity index (χ0v) is 22.5. The third kappa shape index (κ3) is 5.78. The Morgan fingerprint density at radius 1 is 0.684 bits per heavy atom. The van der Waals surface area contributed by atoms with Gasteiger partial charge in [0.25, 0.3) is 0 Å². The van der Waals surface area contributed by atoms with Crippen molar-refractivity contribution >= 4 is 17.1 Å². The summed E-state index contributed by atoms with van der Waals surface area (Å²) in [4.78, 5) is 15.5. The van der Waals surface area contributed by atoms with Crippen molar-refractivity contribution in [1.29, 1.82) is 0 Å². The normalized spacial score (nSPS) is 16.2. The highest BCUT2D eigenvalue weighted by atomic mass is 14.9. The number of nitrogens with zero attached hydrogens (tertiary/aromatic N) is 3. The minimum Gasteiger partial charge on any atom is -0.250 e. The van der Waals surface area contributed by atoms with Gasteiger partial charge in [0, 0.05) is 22.7 Å². The summed E-state index contributed by atoms with van der Waals surface area (Å²) >= 11 is 0. The van der Waals surface area contributed by atoms with Gasteiger partial charge in [0.2, 0.25) is 0 Å². The first-order valence-corrected chi connectivity index (χ1v) is 13.2. The molecule has 38 heavy (non-hydrogen) atoms. The van der Waals surface area contributed by atoms with Gasteiger partial charge in [-0.05, 0) is 57.0 Å². The number of aromatic nitrogens is 1. The maximum Gasteiger partial charge on any atom is 0.0966 e. The molecule has 0 bridgehead atoms. The number of hydrogen-bond acceptors (Lipinski definition) is 3. The second kappa shape index (κ2) is 11.4. The van der Waals surface area contributed by atoms with Gasteiger partial charge in [-0.2, -0.15) is 0 Å². The molecule has 0 saturated heterocycles. The van der Waals surface area contributed by atoms with E-state index in [2.05, 4.69) is 101 Å². The number of hydrogen-bond donors (Lipinski definition) is 0. The Hall–Kier alpha value is -4.37. The number of benzene rings is 3. The largest absolute Gasteiger partial charge is 0.250 e. The number of aliphatic imine (C=N–C) groups is 2. The Bertz CT molecular complexity index is 1560. The van der Waals surface area contributed by atoms with Gasteiger partial charge in [-0.3, -0.25) is 4.99 Å². The molecule has 0 spiro atoms.